The van der Waals surface area contributed by atoms with Crippen molar-refractivity contribution in [1.82, 2.24) is 30.4 Å². The van der Waals surface area contributed by atoms with Crippen LogP contribution in [0.25, 0.3) is 0 Å². The van der Waals surface area contributed by atoms with Crippen molar-refractivity contribution in [3.05, 3.63) is 23.8 Å². The van der Waals surface area contributed by atoms with E-state index < -0.39 is 6.04 Å². The molecule has 1 aliphatic carbocycles. The number of carbonyl (C=O) groups is 2. The van der Waals surface area contributed by atoms with E-state index in [2.05, 4.69) is 25.6 Å². The molecular formula is C22H31N9O2. The molecule has 0 aromatic carbocycles. The van der Waals surface area contributed by atoms with Crippen LogP contribution in [0.4, 0.5) is 0 Å². The quantitative estimate of drug-likeness (QED) is 0.644. The zero-order chi connectivity index (χ0) is 23.4. The summed E-state index contributed by atoms with van der Waals surface area (Å²) in [5, 5.41) is 5.82. The Morgan fingerprint density at radius 2 is 2.03 bits per heavy atom. The predicted octanol–water partition coefficient (Wildman–Crippen LogP) is -0.0335. The van der Waals surface area contributed by atoms with Gasteiger partial charge in [-0.25, -0.2) is 9.97 Å². The number of rotatable bonds is 5. The van der Waals surface area contributed by atoms with Crippen LogP contribution in [0.1, 0.15) is 37.6 Å². The van der Waals surface area contributed by atoms with Crippen molar-refractivity contribution in [2.75, 3.05) is 33.4 Å². The zero-order valence-corrected chi connectivity index (χ0v) is 19.4. The lowest BCUT2D eigenvalue weighted by Gasteiger charge is -2.22. The van der Waals surface area contributed by atoms with Crippen molar-refractivity contribution in [2.45, 2.75) is 45.2 Å². The summed E-state index contributed by atoms with van der Waals surface area (Å²) in [6.07, 6.45) is 7.46. The number of aryl methyl sites for hydroxylation is 1. The number of carbonyl (C=O) groups excluding carboxylic acids is 2. The number of nitrogens with zero attached hydrogens (tertiary/aromatic N) is 7. The Morgan fingerprint density at radius 1 is 1.27 bits per heavy atom. The molecule has 2 N–H and O–H groups in total. The SMILES string of the molecule is CCN1CN=CNC(=NC2CC(C(=O)NC)N(C(=O)C3CC3)C2)CN=C1c1cnc(C)nc1. The lowest BCUT2D eigenvalue weighted by molar-refractivity contribution is -0.139. The second-order valence-corrected chi connectivity index (χ2v) is 8.47. The highest BCUT2D eigenvalue weighted by atomic mass is 16.2. The van der Waals surface area contributed by atoms with Crippen molar-refractivity contribution >= 4 is 29.8 Å². The monoisotopic (exact) mass is 453 g/mol. The minimum absolute atomic E-state index is 0.0580. The first-order chi connectivity index (χ1) is 16.0. The minimum atomic E-state index is -0.484. The van der Waals surface area contributed by atoms with Crippen LogP contribution >= 0.6 is 0 Å². The van der Waals surface area contributed by atoms with E-state index in [4.69, 9.17) is 9.98 Å². The summed E-state index contributed by atoms with van der Waals surface area (Å²) in [6, 6.07) is -0.669. The van der Waals surface area contributed by atoms with Crippen LogP contribution in [-0.2, 0) is 9.59 Å². The van der Waals surface area contributed by atoms with Crippen molar-refractivity contribution in [1.29, 1.82) is 0 Å². The molecule has 1 aromatic rings. The number of likely N-dealkylation sites (N-methyl/N-ethyl adjacent to an activating group) is 1. The van der Waals surface area contributed by atoms with Gasteiger partial charge in [-0.15, -0.1) is 0 Å². The van der Waals surface area contributed by atoms with Crippen LogP contribution < -0.4 is 10.6 Å². The van der Waals surface area contributed by atoms with Crippen LogP contribution in [-0.4, -0.2) is 95.0 Å². The van der Waals surface area contributed by atoms with Crippen molar-refractivity contribution in [3.8, 4) is 0 Å². The Bertz CT molecular complexity index is 969. The first kappa shape index (κ1) is 22.8. The molecule has 176 valence electrons. The Balaban J connectivity index is 1.56. The lowest BCUT2D eigenvalue weighted by atomic mass is 10.1. The van der Waals surface area contributed by atoms with Crippen LogP contribution in [0.15, 0.2) is 27.4 Å². The molecule has 0 radical (unpaired) electrons. The third-order valence-corrected chi connectivity index (χ3v) is 6.05. The van der Waals surface area contributed by atoms with E-state index in [1.165, 1.54) is 0 Å². The molecular weight excluding hydrogens is 422 g/mol. The van der Waals surface area contributed by atoms with Crippen molar-refractivity contribution in [2.24, 2.45) is 20.9 Å². The number of aliphatic imine (C=N–C) groups is 3. The highest BCUT2D eigenvalue weighted by Gasteiger charge is 2.44. The summed E-state index contributed by atoms with van der Waals surface area (Å²) in [5.41, 5.74) is 0.820. The molecule has 1 aromatic heterocycles. The standard InChI is InChI=1S/C22H31N9O2/c1-4-30-13-24-12-28-19(10-27-20(30)16-8-25-14(2)26-9-16)29-17-7-18(21(32)23-3)31(11-17)22(33)15-5-6-15/h8-9,12,15,17-18H,4-7,10-11,13H2,1-3H3,(H,23,32)(H,24,28,29). The van der Waals surface area contributed by atoms with E-state index >= 15 is 0 Å². The van der Waals surface area contributed by atoms with E-state index in [1.54, 1.807) is 30.7 Å². The van der Waals surface area contributed by atoms with Crippen LogP contribution in [0.3, 0.4) is 0 Å². The number of amidine groups is 2. The maximum absolute atomic E-state index is 12.7. The van der Waals surface area contributed by atoms with Gasteiger partial charge in [0.25, 0.3) is 0 Å². The second-order valence-electron chi connectivity index (χ2n) is 8.47. The Kier molecular flexibility index (Phi) is 6.95. The Morgan fingerprint density at radius 3 is 2.70 bits per heavy atom. The normalized spacial score (nSPS) is 24.6. The molecule has 0 spiro atoms. The van der Waals surface area contributed by atoms with Gasteiger partial charge in [0.15, 0.2) is 0 Å². The summed E-state index contributed by atoms with van der Waals surface area (Å²) in [4.78, 5) is 51.6. The average molecular weight is 454 g/mol. The van der Waals surface area contributed by atoms with Crippen LogP contribution in [0, 0.1) is 12.8 Å². The molecule has 0 bridgehead atoms. The molecule has 11 nitrogen and oxygen atoms in total. The van der Waals surface area contributed by atoms with E-state index in [0.29, 0.717) is 37.8 Å². The van der Waals surface area contributed by atoms with Gasteiger partial charge in [-0.1, -0.05) is 0 Å². The summed E-state index contributed by atoms with van der Waals surface area (Å²) in [5.74, 6) is 2.07. The molecule has 2 atom stereocenters. The summed E-state index contributed by atoms with van der Waals surface area (Å²) >= 11 is 0. The number of amides is 2. The van der Waals surface area contributed by atoms with Gasteiger partial charge in [0.05, 0.1) is 24.5 Å². The summed E-state index contributed by atoms with van der Waals surface area (Å²) in [7, 11) is 1.60. The van der Waals surface area contributed by atoms with E-state index in [9.17, 15) is 9.59 Å². The highest BCUT2D eigenvalue weighted by molar-refractivity contribution is 6.01. The number of hydrogen-bond acceptors (Lipinski definition) is 8. The van der Waals surface area contributed by atoms with Gasteiger partial charge in [0.1, 0.15) is 30.2 Å². The maximum Gasteiger partial charge on any atom is 0.242 e. The fraction of sp³-hybridized carbons (Fsp3) is 0.591. The highest BCUT2D eigenvalue weighted by Crippen LogP contribution is 2.34. The first-order valence-corrected chi connectivity index (χ1v) is 11.4. The third kappa shape index (κ3) is 5.35. The molecule has 2 amide bonds. The van der Waals surface area contributed by atoms with Gasteiger partial charge in [0, 0.05) is 44.9 Å². The molecule has 2 fully saturated rings. The van der Waals surface area contributed by atoms with E-state index in [0.717, 1.165) is 30.8 Å². The molecule has 1 saturated heterocycles. The fourth-order valence-corrected chi connectivity index (χ4v) is 4.08. The van der Waals surface area contributed by atoms with Crippen LogP contribution in [0.5, 0.6) is 0 Å². The molecule has 2 aliphatic heterocycles. The Labute approximate surface area is 193 Å². The Hall–Kier alpha value is -3.37. The molecule has 1 saturated carbocycles. The van der Waals surface area contributed by atoms with Gasteiger partial charge < -0.3 is 20.4 Å². The van der Waals surface area contributed by atoms with Gasteiger partial charge in [-0.05, 0) is 26.7 Å². The molecule has 33 heavy (non-hydrogen) atoms. The third-order valence-electron chi connectivity index (χ3n) is 6.05. The number of hydrogen-bond donors (Lipinski definition) is 2. The second kappa shape index (κ2) is 10.1. The largest absolute Gasteiger partial charge is 0.357 e. The van der Waals surface area contributed by atoms with Gasteiger partial charge in [-0.3, -0.25) is 24.6 Å². The van der Waals surface area contributed by atoms with Gasteiger partial charge >= 0.3 is 0 Å². The number of aromatic nitrogens is 2. The fourth-order valence-electron chi connectivity index (χ4n) is 4.08. The topological polar surface area (TPSA) is 128 Å². The average Bonchev–Trinajstić information content (AvgIpc) is 3.57. The molecule has 3 aliphatic rings. The summed E-state index contributed by atoms with van der Waals surface area (Å²) in [6.45, 7) is 5.79. The van der Waals surface area contributed by atoms with E-state index in [1.807, 2.05) is 18.7 Å². The van der Waals surface area contributed by atoms with E-state index in [-0.39, 0.29) is 23.8 Å². The molecule has 11 heteroatoms. The van der Waals surface area contributed by atoms with Gasteiger partial charge in [0.2, 0.25) is 11.8 Å². The molecule has 2 unspecified atom stereocenters. The van der Waals surface area contributed by atoms with Gasteiger partial charge in [-0.2, -0.15) is 0 Å². The predicted molar refractivity (Wildman–Crippen MR) is 125 cm³/mol. The number of likely N-dealkylation sites (tertiary alicyclic amines) is 1. The number of nitrogens with one attached hydrogen (secondary N) is 2. The lowest BCUT2D eigenvalue weighted by Crippen LogP contribution is -2.45. The van der Waals surface area contributed by atoms with Crippen LogP contribution in [0.2, 0.25) is 0 Å². The van der Waals surface area contributed by atoms with Crippen molar-refractivity contribution in [3.63, 3.8) is 0 Å². The summed E-state index contributed by atoms with van der Waals surface area (Å²) < 4.78 is 0. The minimum Gasteiger partial charge on any atom is -0.357 e. The maximum atomic E-state index is 12.7. The molecule has 4 rings (SSSR count). The smallest absolute Gasteiger partial charge is 0.242 e. The molecule has 3 heterocycles. The first-order valence-electron chi connectivity index (χ1n) is 11.4. The zero-order valence-electron chi connectivity index (χ0n) is 19.4. The van der Waals surface area contributed by atoms with Crippen molar-refractivity contribution < 1.29 is 9.59 Å².